The number of anilines is 1. The molecular formula is C14H23N3O4. The van der Waals surface area contributed by atoms with E-state index in [1.54, 1.807) is 24.3 Å². The topological polar surface area (TPSA) is 102 Å². The predicted octanol–water partition coefficient (Wildman–Crippen LogP) is 0.373. The molecule has 0 aliphatic carbocycles. The average molecular weight is 297 g/mol. The number of rotatable bonds is 5. The summed E-state index contributed by atoms with van der Waals surface area (Å²) in [4.78, 5) is 25.2. The second kappa shape index (κ2) is 8.23. The van der Waals surface area contributed by atoms with Crippen LogP contribution in [0.4, 0.5) is 5.69 Å². The standard InChI is InChI=1S/C13H19N3O4.CH4/c1-8(17)11(13(19)15-20)14-12(18)9-4-6-10(7-5-9)16(2)3;/h4-8,11,17,20H,1-3H3,(H,14,18)(H,15,19);1H4/t8-,11+;/m1./s1. The number of hydrogen-bond acceptors (Lipinski definition) is 5. The average Bonchev–Trinajstić information content (AvgIpc) is 2.43. The second-order valence-corrected chi connectivity index (χ2v) is 4.61. The van der Waals surface area contributed by atoms with Gasteiger partial charge in [0.1, 0.15) is 6.04 Å². The van der Waals surface area contributed by atoms with E-state index < -0.39 is 24.0 Å². The van der Waals surface area contributed by atoms with Crippen molar-refractivity contribution in [3.63, 3.8) is 0 Å². The van der Waals surface area contributed by atoms with E-state index in [2.05, 4.69) is 5.32 Å². The Bertz CT molecular complexity index is 472. The van der Waals surface area contributed by atoms with Gasteiger partial charge in [-0.3, -0.25) is 14.8 Å². The zero-order valence-corrected chi connectivity index (χ0v) is 11.6. The van der Waals surface area contributed by atoms with Gasteiger partial charge in [-0.1, -0.05) is 7.43 Å². The van der Waals surface area contributed by atoms with Crippen molar-refractivity contribution in [3.8, 4) is 0 Å². The monoisotopic (exact) mass is 297 g/mol. The Labute approximate surface area is 124 Å². The van der Waals surface area contributed by atoms with Gasteiger partial charge in [0.2, 0.25) is 0 Å². The first-order chi connectivity index (χ1) is 9.36. The van der Waals surface area contributed by atoms with Crippen molar-refractivity contribution in [2.45, 2.75) is 26.5 Å². The Morgan fingerprint density at radius 3 is 2.10 bits per heavy atom. The highest BCUT2D eigenvalue weighted by atomic mass is 16.5. The molecule has 7 nitrogen and oxygen atoms in total. The second-order valence-electron chi connectivity index (χ2n) is 4.61. The van der Waals surface area contributed by atoms with Gasteiger partial charge in [0.25, 0.3) is 11.8 Å². The molecule has 0 radical (unpaired) electrons. The molecule has 0 spiro atoms. The van der Waals surface area contributed by atoms with Crippen molar-refractivity contribution in [1.29, 1.82) is 0 Å². The van der Waals surface area contributed by atoms with E-state index in [-0.39, 0.29) is 7.43 Å². The van der Waals surface area contributed by atoms with E-state index in [1.165, 1.54) is 12.4 Å². The van der Waals surface area contributed by atoms with Gasteiger partial charge in [-0.25, -0.2) is 5.48 Å². The minimum atomic E-state index is -1.22. The normalized spacial score (nSPS) is 12.6. The highest BCUT2D eigenvalue weighted by Gasteiger charge is 2.25. The quantitative estimate of drug-likeness (QED) is 0.465. The molecule has 2 atom stereocenters. The molecule has 0 aliphatic heterocycles. The molecule has 0 heterocycles. The molecule has 0 bridgehead atoms. The summed E-state index contributed by atoms with van der Waals surface area (Å²) in [6, 6.07) is 5.53. The fourth-order valence-electron chi connectivity index (χ4n) is 1.61. The first kappa shape index (κ1) is 18.9. The van der Waals surface area contributed by atoms with Gasteiger partial charge in [-0.15, -0.1) is 0 Å². The molecule has 0 saturated heterocycles. The molecular weight excluding hydrogens is 274 g/mol. The number of aliphatic hydroxyl groups is 1. The summed E-state index contributed by atoms with van der Waals surface area (Å²) in [6.45, 7) is 1.34. The third kappa shape index (κ3) is 5.05. The Kier molecular flexibility index (Phi) is 7.40. The Hall–Kier alpha value is -2.12. The van der Waals surface area contributed by atoms with E-state index in [1.807, 2.05) is 19.0 Å². The van der Waals surface area contributed by atoms with E-state index in [9.17, 15) is 14.7 Å². The lowest BCUT2D eigenvalue weighted by atomic mass is 10.1. The molecule has 118 valence electrons. The lowest BCUT2D eigenvalue weighted by molar-refractivity contribution is -0.133. The third-order valence-electron chi connectivity index (χ3n) is 2.81. The molecule has 0 fully saturated rings. The number of benzene rings is 1. The Morgan fingerprint density at radius 2 is 1.71 bits per heavy atom. The first-order valence-electron chi connectivity index (χ1n) is 6.07. The van der Waals surface area contributed by atoms with Gasteiger partial charge in [0, 0.05) is 25.3 Å². The Balaban J connectivity index is 0.00000400. The summed E-state index contributed by atoms with van der Waals surface area (Å²) in [6.07, 6.45) is -1.13. The molecule has 7 heteroatoms. The van der Waals surface area contributed by atoms with E-state index in [0.29, 0.717) is 5.56 Å². The number of carbonyl (C=O) groups is 2. The smallest absolute Gasteiger partial charge is 0.268 e. The fraction of sp³-hybridized carbons (Fsp3) is 0.429. The molecule has 2 amide bonds. The van der Waals surface area contributed by atoms with Crippen LogP contribution in [0.1, 0.15) is 24.7 Å². The number of nitrogens with zero attached hydrogens (tertiary/aromatic N) is 1. The number of hydrogen-bond donors (Lipinski definition) is 4. The van der Waals surface area contributed by atoms with Crippen molar-refractivity contribution in [3.05, 3.63) is 29.8 Å². The summed E-state index contributed by atoms with van der Waals surface area (Å²) in [5, 5.41) is 20.4. The lowest BCUT2D eigenvalue weighted by Crippen LogP contribution is -2.51. The molecule has 0 aliphatic rings. The number of carbonyl (C=O) groups excluding carboxylic acids is 2. The van der Waals surface area contributed by atoms with Crippen LogP contribution in [0.15, 0.2) is 24.3 Å². The number of hydroxylamine groups is 1. The largest absolute Gasteiger partial charge is 0.391 e. The van der Waals surface area contributed by atoms with Gasteiger partial charge in [-0.2, -0.15) is 0 Å². The van der Waals surface area contributed by atoms with Crippen molar-refractivity contribution in [1.82, 2.24) is 10.8 Å². The molecule has 1 aromatic rings. The van der Waals surface area contributed by atoms with Crippen LogP contribution in [-0.4, -0.2) is 48.4 Å². The maximum absolute atomic E-state index is 12.0. The molecule has 1 aromatic carbocycles. The minimum absolute atomic E-state index is 0. The van der Waals surface area contributed by atoms with E-state index in [0.717, 1.165) is 5.69 Å². The zero-order chi connectivity index (χ0) is 15.3. The third-order valence-corrected chi connectivity index (χ3v) is 2.81. The highest BCUT2D eigenvalue weighted by molar-refractivity contribution is 5.97. The molecule has 1 rings (SSSR count). The first-order valence-corrected chi connectivity index (χ1v) is 6.07. The van der Waals surface area contributed by atoms with Crippen molar-refractivity contribution in [2.75, 3.05) is 19.0 Å². The molecule has 0 saturated carbocycles. The van der Waals surface area contributed by atoms with Crippen LogP contribution < -0.4 is 15.7 Å². The van der Waals surface area contributed by atoms with Crippen LogP contribution in [0.5, 0.6) is 0 Å². The van der Waals surface area contributed by atoms with Gasteiger partial charge in [0.15, 0.2) is 0 Å². The maximum Gasteiger partial charge on any atom is 0.268 e. The van der Waals surface area contributed by atoms with E-state index >= 15 is 0 Å². The summed E-state index contributed by atoms with van der Waals surface area (Å²) in [7, 11) is 3.76. The Morgan fingerprint density at radius 1 is 1.19 bits per heavy atom. The van der Waals surface area contributed by atoms with Crippen molar-refractivity contribution in [2.24, 2.45) is 0 Å². The number of nitrogens with one attached hydrogen (secondary N) is 2. The van der Waals surface area contributed by atoms with Crippen LogP contribution in [0.2, 0.25) is 0 Å². The minimum Gasteiger partial charge on any atom is -0.391 e. The van der Waals surface area contributed by atoms with Crippen LogP contribution in [0, 0.1) is 0 Å². The van der Waals surface area contributed by atoms with Gasteiger partial charge < -0.3 is 15.3 Å². The number of aliphatic hydroxyl groups excluding tert-OH is 1. The highest BCUT2D eigenvalue weighted by Crippen LogP contribution is 2.12. The van der Waals surface area contributed by atoms with Crippen LogP contribution in [0.25, 0.3) is 0 Å². The number of amides is 2. The fourth-order valence-corrected chi connectivity index (χ4v) is 1.61. The van der Waals surface area contributed by atoms with Gasteiger partial charge in [-0.05, 0) is 31.2 Å². The van der Waals surface area contributed by atoms with Crippen molar-refractivity contribution < 1.29 is 19.9 Å². The molecule has 4 N–H and O–H groups in total. The van der Waals surface area contributed by atoms with Crippen LogP contribution in [-0.2, 0) is 4.79 Å². The van der Waals surface area contributed by atoms with Gasteiger partial charge in [0.05, 0.1) is 6.10 Å². The summed E-state index contributed by atoms with van der Waals surface area (Å²) in [5.41, 5.74) is 2.69. The summed E-state index contributed by atoms with van der Waals surface area (Å²) >= 11 is 0. The maximum atomic E-state index is 12.0. The lowest BCUT2D eigenvalue weighted by Gasteiger charge is -2.19. The SMILES string of the molecule is C.C[C@@H](O)[C@H](NC(=O)c1ccc(N(C)C)cc1)C(=O)NO. The molecule has 21 heavy (non-hydrogen) atoms. The zero-order valence-electron chi connectivity index (χ0n) is 11.6. The molecule has 0 aromatic heterocycles. The van der Waals surface area contributed by atoms with E-state index in [4.69, 9.17) is 5.21 Å². The van der Waals surface area contributed by atoms with Gasteiger partial charge >= 0.3 is 0 Å². The summed E-state index contributed by atoms with van der Waals surface area (Å²) < 4.78 is 0. The summed E-state index contributed by atoms with van der Waals surface area (Å²) in [5.74, 6) is -1.39. The molecule has 0 unspecified atom stereocenters. The van der Waals surface area contributed by atoms with Crippen LogP contribution >= 0.6 is 0 Å². The van der Waals surface area contributed by atoms with Crippen molar-refractivity contribution >= 4 is 17.5 Å². The predicted molar refractivity (Wildman–Crippen MR) is 80.4 cm³/mol. The van der Waals surface area contributed by atoms with Crippen LogP contribution in [0.3, 0.4) is 0 Å².